The molecule has 0 amide bonds. The Bertz CT molecular complexity index is 292. The fourth-order valence-corrected chi connectivity index (χ4v) is 4.40. The fraction of sp³-hybridized carbons (Fsp3) is 0.846. The van der Waals surface area contributed by atoms with Crippen LogP contribution in [0.3, 0.4) is 0 Å². The summed E-state index contributed by atoms with van der Waals surface area (Å²) < 4.78 is 5.89. The van der Waals surface area contributed by atoms with Gasteiger partial charge < -0.3 is 4.74 Å². The number of fused-ring (bicyclic) bond motifs is 5. The van der Waals surface area contributed by atoms with Crippen molar-refractivity contribution < 1.29 is 4.74 Å². The molecule has 0 saturated heterocycles. The van der Waals surface area contributed by atoms with Gasteiger partial charge in [-0.05, 0) is 36.7 Å². The summed E-state index contributed by atoms with van der Waals surface area (Å²) in [5, 5.41) is 0. The van der Waals surface area contributed by atoms with Gasteiger partial charge in [-0.1, -0.05) is 20.8 Å². The summed E-state index contributed by atoms with van der Waals surface area (Å²) in [6, 6.07) is 0. The summed E-state index contributed by atoms with van der Waals surface area (Å²) in [7, 11) is 0. The number of hydrogen-bond donors (Lipinski definition) is 0. The van der Waals surface area contributed by atoms with Crippen molar-refractivity contribution in [2.45, 2.75) is 46.1 Å². The molecule has 0 aromatic carbocycles. The third-order valence-corrected chi connectivity index (χ3v) is 5.64. The van der Waals surface area contributed by atoms with Crippen LogP contribution >= 0.6 is 0 Å². The van der Waals surface area contributed by atoms with Gasteiger partial charge in [0.25, 0.3) is 0 Å². The molecule has 2 aliphatic carbocycles. The van der Waals surface area contributed by atoms with Crippen molar-refractivity contribution in [1.82, 2.24) is 0 Å². The van der Waals surface area contributed by atoms with E-state index in [2.05, 4.69) is 26.8 Å². The van der Waals surface area contributed by atoms with Gasteiger partial charge >= 0.3 is 0 Å². The first-order chi connectivity index (χ1) is 6.57. The van der Waals surface area contributed by atoms with Gasteiger partial charge in [0.2, 0.25) is 0 Å². The molecule has 3 rings (SSSR count). The standard InChI is InChI=1S/C13H20O/c1-12(2)10-6-7-13(12,3)11-9(10)5-4-8-14-11/h4,8-11H,5-7H2,1-3H3/t9-,10+,11-,13-/m0/s1. The molecule has 1 nitrogen and oxygen atoms in total. The van der Waals surface area contributed by atoms with Crippen LogP contribution in [-0.4, -0.2) is 6.10 Å². The van der Waals surface area contributed by atoms with Crippen LogP contribution in [0, 0.1) is 22.7 Å². The number of allylic oxidation sites excluding steroid dienone is 1. The molecule has 0 N–H and O–H groups in total. The molecule has 1 heterocycles. The molecule has 2 bridgehead atoms. The third-order valence-electron chi connectivity index (χ3n) is 5.64. The van der Waals surface area contributed by atoms with Gasteiger partial charge in [0.1, 0.15) is 6.10 Å². The molecule has 0 unspecified atom stereocenters. The van der Waals surface area contributed by atoms with Crippen LogP contribution in [-0.2, 0) is 4.74 Å². The van der Waals surface area contributed by atoms with Crippen LogP contribution in [0.4, 0.5) is 0 Å². The van der Waals surface area contributed by atoms with Crippen molar-refractivity contribution in [2.24, 2.45) is 22.7 Å². The Labute approximate surface area is 86.5 Å². The Morgan fingerprint density at radius 1 is 1.29 bits per heavy atom. The molecule has 2 fully saturated rings. The van der Waals surface area contributed by atoms with Crippen LogP contribution in [0.1, 0.15) is 40.0 Å². The van der Waals surface area contributed by atoms with E-state index in [9.17, 15) is 0 Å². The largest absolute Gasteiger partial charge is 0.497 e. The van der Waals surface area contributed by atoms with Crippen molar-refractivity contribution in [3.63, 3.8) is 0 Å². The van der Waals surface area contributed by atoms with E-state index in [-0.39, 0.29) is 0 Å². The minimum atomic E-state index is 0.424. The lowest BCUT2D eigenvalue weighted by Crippen LogP contribution is -2.39. The normalized spacial score (nSPS) is 52.9. The molecule has 0 aromatic rings. The first kappa shape index (κ1) is 8.82. The van der Waals surface area contributed by atoms with Crippen LogP contribution in [0.5, 0.6) is 0 Å². The molecule has 1 heteroatoms. The van der Waals surface area contributed by atoms with E-state index in [1.165, 1.54) is 19.3 Å². The third kappa shape index (κ3) is 0.743. The first-order valence-corrected chi connectivity index (χ1v) is 5.88. The minimum Gasteiger partial charge on any atom is -0.497 e. The molecule has 0 aromatic heterocycles. The average molecular weight is 192 g/mol. The van der Waals surface area contributed by atoms with E-state index in [0.717, 1.165) is 11.8 Å². The zero-order valence-corrected chi connectivity index (χ0v) is 9.42. The minimum absolute atomic E-state index is 0.424. The molecule has 78 valence electrons. The van der Waals surface area contributed by atoms with Gasteiger partial charge in [-0.3, -0.25) is 0 Å². The molecule has 0 spiro atoms. The quantitative estimate of drug-likeness (QED) is 0.572. The lowest BCUT2D eigenvalue weighted by Gasteiger charge is -2.40. The van der Waals surface area contributed by atoms with E-state index < -0.39 is 0 Å². The van der Waals surface area contributed by atoms with E-state index >= 15 is 0 Å². The monoisotopic (exact) mass is 192 g/mol. The topological polar surface area (TPSA) is 9.23 Å². The molecule has 0 radical (unpaired) electrons. The van der Waals surface area contributed by atoms with Crippen LogP contribution < -0.4 is 0 Å². The average Bonchev–Trinajstić information content (AvgIpc) is 2.49. The SMILES string of the molecule is CC1(C)[C@@H]2CC[C@@]1(C)[C@H]1OC=CC[C@@H]21. The zero-order chi connectivity index (χ0) is 9.97. The van der Waals surface area contributed by atoms with Crippen molar-refractivity contribution in [3.8, 4) is 0 Å². The highest BCUT2D eigenvalue weighted by atomic mass is 16.5. The number of ether oxygens (including phenoxy) is 1. The number of rotatable bonds is 0. The molecule has 2 saturated carbocycles. The summed E-state index contributed by atoms with van der Waals surface area (Å²) in [4.78, 5) is 0. The maximum Gasteiger partial charge on any atom is 0.107 e. The Balaban J connectivity index is 2.06. The van der Waals surface area contributed by atoms with Gasteiger partial charge in [0.05, 0.1) is 6.26 Å². The lowest BCUT2D eigenvalue weighted by atomic mass is 9.70. The molecule has 4 atom stereocenters. The first-order valence-electron chi connectivity index (χ1n) is 5.88. The second-order valence-electron chi connectivity index (χ2n) is 6.11. The predicted molar refractivity (Wildman–Crippen MR) is 56.7 cm³/mol. The van der Waals surface area contributed by atoms with Crippen molar-refractivity contribution in [2.75, 3.05) is 0 Å². The van der Waals surface area contributed by atoms with Crippen molar-refractivity contribution in [1.29, 1.82) is 0 Å². The van der Waals surface area contributed by atoms with Crippen LogP contribution in [0.2, 0.25) is 0 Å². The molecule has 1 aliphatic heterocycles. The highest BCUT2D eigenvalue weighted by Gasteiger charge is 2.67. The van der Waals surface area contributed by atoms with Crippen LogP contribution in [0.25, 0.3) is 0 Å². The molecule has 14 heavy (non-hydrogen) atoms. The number of hydrogen-bond acceptors (Lipinski definition) is 1. The van der Waals surface area contributed by atoms with Gasteiger partial charge in [-0.25, -0.2) is 0 Å². The highest BCUT2D eigenvalue weighted by molar-refractivity contribution is 5.17. The Morgan fingerprint density at radius 3 is 2.79 bits per heavy atom. The van der Waals surface area contributed by atoms with Gasteiger partial charge in [0.15, 0.2) is 0 Å². The van der Waals surface area contributed by atoms with Crippen molar-refractivity contribution >= 4 is 0 Å². The van der Waals surface area contributed by atoms with Gasteiger partial charge in [0, 0.05) is 11.3 Å². The molecule has 3 aliphatic rings. The summed E-state index contributed by atoms with van der Waals surface area (Å²) in [5.41, 5.74) is 0.904. The van der Waals surface area contributed by atoms with Crippen LogP contribution in [0.15, 0.2) is 12.3 Å². The van der Waals surface area contributed by atoms with E-state index in [1.807, 2.05) is 6.26 Å². The highest BCUT2D eigenvalue weighted by Crippen LogP contribution is 2.69. The smallest absolute Gasteiger partial charge is 0.107 e. The Hall–Kier alpha value is -0.460. The maximum absolute atomic E-state index is 5.89. The second kappa shape index (κ2) is 2.37. The molecular weight excluding hydrogens is 172 g/mol. The predicted octanol–water partition coefficient (Wildman–Crippen LogP) is 3.36. The molecular formula is C13H20O. The second-order valence-corrected chi connectivity index (χ2v) is 6.11. The van der Waals surface area contributed by atoms with Gasteiger partial charge in [-0.15, -0.1) is 0 Å². The van der Waals surface area contributed by atoms with E-state index in [4.69, 9.17) is 4.74 Å². The Kier molecular flexibility index (Phi) is 1.49. The van der Waals surface area contributed by atoms with E-state index in [0.29, 0.717) is 16.9 Å². The maximum atomic E-state index is 5.89. The summed E-state index contributed by atoms with van der Waals surface area (Å²) in [6.45, 7) is 7.34. The summed E-state index contributed by atoms with van der Waals surface area (Å²) in [6.07, 6.45) is 8.67. The van der Waals surface area contributed by atoms with Gasteiger partial charge in [-0.2, -0.15) is 0 Å². The Morgan fingerprint density at radius 2 is 2.07 bits per heavy atom. The van der Waals surface area contributed by atoms with Crippen molar-refractivity contribution in [3.05, 3.63) is 12.3 Å². The zero-order valence-electron chi connectivity index (χ0n) is 9.42. The van der Waals surface area contributed by atoms with E-state index in [1.54, 1.807) is 0 Å². The summed E-state index contributed by atoms with van der Waals surface area (Å²) >= 11 is 0. The summed E-state index contributed by atoms with van der Waals surface area (Å²) in [5.74, 6) is 1.69. The lowest BCUT2D eigenvalue weighted by molar-refractivity contribution is -0.0285. The fourth-order valence-electron chi connectivity index (χ4n) is 4.40.